The molecule has 2 fully saturated rings. The van der Waals surface area contributed by atoms with Crippen molar-refractivity contribution in [1.82, 2.24) is 14.7 Å². The minimum absolute atomic E-state index is 0.147. The van der Waals surface area contributed by atoms with Crippen LogP contribution in [-0.2, 0) is 15.0 Å². The van der Waals surface area contributed by atoms with E-state index in [1.165, 1.54) is 12.0 Å². The van der Waals surface area contributed by atoms with Gasteiger partial charge in [-0.05, 0) is 42.4 Å². The number of thioether (sulfide) groups is 1. The number of hydrogen-bond acceptors (Lipinski definition) is 4. The normalized spacial score (nSPS) is 18.7. The van der Waals surface area contributed by atoms with Crippen LogP contribution in [0, 0.1) is 0 Å². The van der Waals surface area contributed by atoms with Crippen molar-refractivity contribution in [3.05, 3.63) is 29.8 Å². The Balaban J connectivity index is 1.39. The van der Waals surface area contributed by atoms with Gasteiger partial charge in [0.05, 0.1) is 12.3 Å². The van der Waals surface area contributed by atoms with E-state index in [0.29, 0.717) is 12.3 Å². The number of carbonyl (C=O) groups excluding carboxylic acids is 2. The standard InChI is InChI=1S/C23H35N3O2S/c1-23(2,3)19-7-9-20(10-8-19)29-18-22(28)26-15-13-24(14-16-26)17-21(27)25-11-5-4-6-12-25/h7-10H,4-6,11-18H2,1-3H3. The lowest BCUT2D eigenvalue weighted by molar-refractivity contribution is -0.134. The quantitative estimate of drug-likeness (QED) is 0.690. The molecule has 2 heterocycles. The van der Waals surface area contributed by atoms with Gasteiger partial charge in [-0.25, -0.2) is 0 Å². The molecule has 2 aliphatic rings. The van der Waals surface area contributed by atoms with E-state index >= 15 is 0 Å². The van der Waals surface area contributed by atoms with Gasteiger partial charge in [0, 0.05) is 44.2 Å². The number of likely N-dealkylation sites (tertiary alicyclic amines) is 1. The van der Waals surface area contributed by atoms with Crippen molar-refractivity contribution >= 4 is 23.6 Å². The van der Waals surface area contributed by atoms with Crippen LogP contribution in [0.2, 0.25) is 0 Å². The predicted octanol–water partition coefficient (Wildman–Crippen LogP) is 3.23. The Labute approximate surface area is 179 Å². The summed E-state index contributed by atoms with van der Waals surface area (Å²) in [6.45, 7) is 11.9. The van der Waals surface area contributed by atoms with Crippen LogP contribution in [0.15, 0.2) is 29.2 Å². The van der Waals surface area contributed by atoms with E-state index < -0.39 is 0 Å². The van der Waals surface area contributed by atoms with Crippen molar-refractivity contribution in [2.45, 2.75) is 50.3 Å². The summed E-state index contributed by atoms with van der Waals surface area (Å²) in [5, 5.41) is 0. The number of amides is 2. The van der Waals surface area contributed by atoms with Crippen LogP contribution in [0.3, 0.4) is 0 Å². The zero-order chi connectivity index (χ0) is 20.9. The highest BCUT2D eigenvalue weighted by Gasteiger charge is 2.24. The molecule has 0 radical (unpaired) electrons. The minimum atomic E-state index is 0.147. The predicted molar refractivity (Wildman–Crippen MR) is 119 cm³/mol. The Morgan fingerprint density at radius 3 is 2.00 bits per heavy atom. The molecule has 2 amide bonds. The highest BCUT2D eigenvalue weighted by atomic mass is 32.2. The molecule has 0 aromatic heterocycles. The average Bonchev–Trinajstić information content (AvgIpc) is 2.73. The van der Waals surface area contributed by atoms with Crippen molar-refractivity contribution in [2.24, 2.45) is 0 Å². The van der Waals surface area contributed by atoms with E-state index in [9.17, 15) is 9.59 Å². The molecule has 2 saturated heterocycles. The van der Waals surface area contributed by atoms with Gasteiger partial charge in [-0.1, -0.05) is 32.9 Å². The van der Waals surface area contributed by atoms with Crippen LogP contribution in [-0.4, -0.2) is 78.1 Å². The monoisotopic (exact) mass is 417 g/mol. The van der Waals surface area contributed by atoms with Gasteiger partial charge in [0.1, 0.15) is 0 Å². The van der Waals surface area contributed by atoms with Gasteiger partial charge < -0.3 is 9.80 Å². The van der Waals surface area contributed by atoms with Crippen LogP contribution < -0.4 is 0 Å². The van der Waals surface area contributed by atoms with E-state index in [4.69, 9.17) is 0 Å². The highest BCUT2D eigenvalue weighted by Crippen LogP contribution is 2.26. The topological polar surface area (TPSA) is 43.9 Å². The zero-order valence-electron chi connectivity index (χ0n) is 18.2. The second kappa shape index (κ2) is 9.98. The molecule has 0 saturated carbocycles. The number of nitrogens with zero attached hydrogens (tertiary/aromatic N) is 3. The smallest absolute Gasteiger partial charge is 0.236 e. The molecule has 29 heavy (non-hydrogen) atoms. The van der Waals surface area contributed by atoms with Crippen molar-refractivity contribution in [3.63, 3.8) is 0 Å². The van der Waals surface area contributed by atoms with Crippen LogP contribution in [0.5, 0.6) is 0 Å². The average molecular weight is 418 g/mol. The molecule has 5 nitrogen and oxygen atoms in total. The maximum absolute atomic E-state index is 12.6. The Hall–Kier alpha value is -1.53. The molecular formula is C23H35N3O2S. The lowest BCUT2D eigenvalue weighted by atomic mass is 9.87. The van der Waals surface area contributed by atoms with E-state index in [2.05, 4.69) is 49.9 Å². The third kappa shape index (κ3) is 6.48. The van der Waals surface area contributed by atoms with Crippen LogP contribution in [0.4, 0.5) is 0 Å². The lowest BCUT2D eigenvalue weighted by Crippen LogP contribution is -2.52. The molecule has 3 rings (SSSR count). The van der Waals surface area contributed by atoms with E-state index in [1.54, 1.807) is 11.8 Å². The van der Waals surface area contributed by atoms with Gasteiger partial charge in [-0.2, -0.15) is 0 Å². The first-order valence-electron chi connectivity index (χ1n) is 10.8. The summed E-state index contributed by atoms with van der Waals surface area (Å²) in [7, 11) is 0. The van der Waals surface area contributed by atoms with E-state index in [1.807, 2.05) is 9.80 Å². The first kappa shape index (κ1) is 22.2. The summed E-state index contributed by atoms with van der Waals surface area (Å²) < 4.78 is 0. The number of piperidine rings is 1. The van der Waals surface area contributed by atoms with Gasteiger partial charge in [0.2, 0.25) is 11.8 Å². The van der Waals surface area contributed by atoms with Gasteiger partial charge in [-0.3, -0.25) is 14.5 Å². The lowest BCUT2D eigenvalue weighted by Gasteiger charge is -2.36. The fourth-order valence-electron chi connectivity index (χ4n) is 3.88. The summed E-state index contributed by atoms with van der Waals surface area (Å²) in [6, 6.07) is 8.54. The van der Waals surface area contributed by atoms with Crippen LogP contribution in [0.1, 0.15) is 45.6 Å². The minimum Gasteiger partial charge on any atom is -0.342 e. The summed E-state index contributed by atoms with van der Waals surface area (Å²) in [5.41, 5.74) is 1.46. The van der Waals surface area contributed by atoms with Gasteiger partial charge in [0.15, 0.2) is 0 Å². The highest BCUT2D eigenvalue weighted by molar-refractivity contribution is 8.00. The molecule has 0 N–H and O–H groups in total. The largest absolute Gasteiger partial charge is 0.342 e. The summed E-state index contributed by atoms with van der Waals surface area (Å²) in [4.78, 5) is 32.3. The van der Waals surface area contributed by atoms with E-state index in [-0.39, 0.29) is 17.2 Å². The fraction of sp³-hybridized carbons (Fsp3) is 0.652. The van der Waals surface area contributed by atoms with Crippen molar-refractivity contribution in [3.8, 4) is 0 Å². The van der Waals surface area contributed by atoms with Crippen LogP contribution >= 0.6 is 11.8 Å². The molecule has 160 valence electrons. The number of piperazine rings is 1. The number of benzene rings is 1. The van der Waals surface area contributed by atoms with Crippen molar-refractivity contribution < 1.29 is 9.59 Å². The van der Waals surface area contributed by atoms with Gasteiger partial charge in [-0.15, -0.1) is 11.8 Å². The zero-order valence-corrected chi connectivity index (χ0v) is 19.0. The Morgan fingerprint density at radius 2 is 1.41 bits per heavy atom. The molecule has 0 bridgehead atoms. The Kier molecular flexibility index (Phi) is 7.63. The van der Waals surface area contributed by atoms with Crippen molar-refractivity contribution in [2.75, 3.05) is 51.6 Å². The third-order valence-corrected chi connectivity index (χ3v) is 6.87. The maximum atomic E-state index is 12.6. The second-order valence-corrected chi connectivity index (χ2v) is 10.2. The summed E-state index contributed by atoms with van der Waals surface area (Å²) in [5.74, 6) is 0.914. The molecule has 0 aliphatic carbocycles. The first-order chi connectivity index (χ1) is 13.8. The molecule has 1 aromatic carbocycles. The summed E-state index contributed by atoms with van der Waals surface area (Å²) in [6.07, 6.45) is 3.50. The SMILES string of the molecule is CC(C)(C)c1ccc(SCC(=O)N2CCN(CC(=O)N3CCCCC3)CC2)cc1. The molecule has 6 heteroatoms. The molecule has 2 aliphatic heterocycles. The molecule has 0 unspecified atom stereocenters. The molecule has 0 atom stereocenters. The molecular weight excluding hydrogens is 382 g/mol. The summed E-state index contributed by atoms with van der Waals surface area (Å²) >= 11 is 1.61. The maximum Gasteiger partial charge on any atom is 0.236 e. The first-order valence-corrected chi connectivity index (χ1v) is 11.8. The Morgan fingerprint density at radius 1 is 0.828 bits per heavy atom. The van der Waals surface area contributed by atoms with E-state index in [0.717, 1.165) is 57.0 Å². The second-order valence-electron chi connectivity index (χ2n) is 9.16. The van der Waals surface area contributed by atoms with Crippen molar-refractivity contribution in [1.29, 1.82) is 0 Å². The molecule has 1 aromatic rings. The third-order valence-electron chi connectivity index (χ3n) is 5.88. The van der Waals surface area contributed by atoms with Gasteiger partial charge in [0.25, 0.3) is 0 Å². The fourth-order valence-corrected chi connectivity index (χ4v) is 4.68. The Bertz CT molecular complexity index is 685. The van der Waals surface area contributed by atoms with Gasteiger partial charge >= 0.3 is 0 Å². The molecule has 0 spiro atoms. The van der Waals surface area contributed by atoms with Crippen LogP contribution in [0.25, 0.3) is 0 Å². The number of hydrogen-bond donors (Lipinski definition) is 0. The number of rotatable bonds is 5. The number of carbonyl (C=O) groups is 2.